The zero-order chi connectivity index (χ0) is 32.1. The molecular formula is C41H40O6. The highest BCUT2D eigenvalue weighted by Gasteiger charge is 2.49. The van der Waals surface area contributed by atoms with Crippen molar-refractivity contribution < 1.29 is 28.5 Å². The third-order valence-electron chi connectivity index (χ3n) is 8.26. The number of ether oxygens (including phenoxy) is 5. The number of hydrogen-bond acceptors (Lipinski definition) is 6. The predicted molar refractivity (Wildman–Crippen MR) is 181 cm³/mol. The topological polar surface area (TPSA) is 63.2 Å². The van der Waals surface area contributed by atoms with Gasteiger partial charge in [-0.3, -0.25) is 4.79 Å². The molecule has 0 bridgehead atoms. The molecule has 0 aliphatic carbocycles. The molecule has 5 atom stereocenters. The second kappa shape index (κ2) is 16.9. The average Bonchev–Trinajstić information content (AvgIpc) is 3.14. The van der Waals surface area contributed by atoms with E-state index in [1.54, 1.807) is 6.07 Å². The van der Waals surface area contributed by atoms with Crippen molar-refractivity contribution >= 4 is 6.29 Å². The number of benzene rings is 5. The van der Waals surface area contributed by atoms with Crippen LogP contribution in [0.2, 0.25) is 0 Å². The number of aldehydes is 1. The second-order valence-corrected chi connectivity index (χ2v) is 11.7. The monoisotopic (exact) mass is 628 g/mol. The van der Waals surface area contributed by atoms with Gasteiger partial charge in [-0.05, 0) is 33.9 Å². The number of rotatable bonds is 15. The van der Waals surface area contributed by atoms with Crippen molar-refractivity contribution in [2.75, 3.05) is 6.61 Å². The average molecular weight is 629 g/mol. The van der Waals surface area contributed by atoms with Crippen LogP contribution in [0.3, 0.4) is 0 Å². The van der Waals surface area contributed by atoms with Crippen LogP contribution in [0.5, 0.6) is 0 Å². The summed E-state index contributed by atoms with van der Waals surface area (Å²) in [5.41, 5.74) is 5.58. The molecule has 6 nitrogen and oxygen atoms in total. The Balaban J connectivity index is 1.35. The molecule has 1 aliphatic heterocycles. The molecule has 5 aromatic carbocycles. The molecule has 240 valence electrons. The van der Waals surface area contributed by atoms with E-state index in [2.05, 4.69) is 0 Å². The summed E-state index contributed by atoms with van der Waals surface area (Å²) >= 11 is 0. The van der Waals surface area contributed by atoms with E-state index in [0.717, 1.165) is 34.1 Å². The van der Waals surface area contributed by atoms with Gasteiger partial charge in [0.1, 0.15) is 36.8 Å². The quantitative estimate of drug-likeness (QED) is 0.110. The Morgan fingerprint density at radius 1 is 0.511 bits per heavy atom. The lowest BCUT2D eigenvalue weighted by atomic mass is 9.89. The van der Waals surface area contributed by atoms with Crippen molar-refractivity contribution in [2.45, 2.75) is 56.9 Å². The van der Waals surface area contributed by atoms with Gasteiger partial charge in [-0.2, -0.15) is 0 Å². The van der Waals surface area contributed by atoms with Gasteiger partial charge in [0.25, 0.3) is 0 Å². The van der Waals surface area contributed by atoms with Crippen LogP contribution < -0.4 is 0 Å². The van der Waals surface area contributed by atoms with Crippen LogP contribution in [0, 0.1) is 0 Å². The number of carbonyl (C=O) groups excluding carboxylic acids is 1. The summed E-state index contributed by atoms with van der Waals surface area (Å²) in [6.07, 6.45) is -1.83. The van der Waals surface area contributed by atoms with Crippen LogP contribution in [0.15, 0.2) is 146 Å². The summed E-state index contributed by atoms with van der Waals surface area (Å²) in [6, 6.07) is 47.8. The Labute approximate surface area is 276 Å². The largest absolute Gasteiger partial charge is 0.374 e. The van der Waals surface area contributed by atoms with Gasteiger partial charge in [0.2, 0.25) is 0 Å². The fraction of sp³-hybridized carbons (Fsp3) is 0.244. The number of hydrogen-bond donors (Lipinski definition) is 0. The smallest absolute Gasteiger partial charge is 0.150 e. The molecule has 0 radical (unpaired) electrons. The first-order valence-corrected chi connectivity index (χ1v) is 16.1. The summed E-state index contributed by atoms with van der Waals surface area (Å²) in [5, 5.41) is 0. The minimum atomic E-state index is -0.563. The lowest BCUT2D eigenvalue weighted by Crippen LogP contribution is -2.58. The maximum atomic E-state index is 11.8. The summed E-state index contributed by atoms with van der Waals surface area (Å²) in [6.45, 7) is 1.78. The molecule has 1 fully saturated rings. The maximum absolute atomic E-state index is 11.8. The van der Waals surface area contributed by atoms with Crippen molar-refractivity contribution in [3.63, 3.8) is 0 Å². The zero-order valence-corrected chi connectivity index (χ0v) is 26.3. The first kappa shape index (κ1) is 32.5. The summed E-state index contributed by atoms with van der Waals surface area (Å²) in [7, 11) is 0. The fourth-order valence-electron chi connectivity index (χ4n) is 5.87. The van der Waals surface area contributed by atoms with Crippen LogP contribution in [0.4, 0.5) is 0 Å². The van der Waals surface area contributed by atoms with E-state index in [1.807, 2.05) is 140 Å². The molecule has 0 amide bonds. The molecule has 1 saturated heterocycles. The Hall–Kier alpha value is -4.43. The zero-order valence-electron chi connectivity index (χ0n) is 26.3. The highest BCUT2D eigenvalue weighted by Crippen LogP contribution is 2.39. The summed E-state index contributed by atoms with van der Waals surface area (Å²) in [4.78, 5) is 11.8. The lowest BCUT2D eigenvalue weighted by Gasteiger charge is -2.46. The van der Waals surface area contributed by atoms with Crippen LogP contribution >= 0.6 is 0 Å². The first-order valence-electron chi connectivity index (χ1n) is 16.1. The molecule has 0 spiro atoms. The van der Waals surface area contributed by atoms with E-state index in [-0.39, 0.29) is 6.61 Å². The Morgan fingerprint density at radius 3 is 1.49 bits per heavy atom. The van der Waals surface area contributed by atoms with Gasteiger partial charge in [-0.25, -0.2) is 0 Å². The van der Waals surface area contributed by atoms with Crippen LogP contribution in [-0.2, 0) is 50.1 Å². The molecule has 0 saturated carbocycles. The molecule has 1 aliphatic rings. The minimum Gasteiger partial charge on any atom is -0.374 e. The SMILES string of the molecule is O=Cc1cccc(C2OC(COCc3ccccc3)C(OCc3ccccc3)C(OCc3ccccc3)C2OCc2ccccc2)c1. The van der Waals surface area contributed by atoms with Crippen molar-refractivity contribution in [3.8, 4) is 0 Å². The second-order valence-electron chi connectivity index (χ2n) is 11.7. The minimum absolute atomic E-state index is 0.273. The van der Waals surface area contributed by atoms with Gasteiger partial charge >= 0.3 is 0 Å². The van der Waals surface area contributed by atoms with Gasteiger partial charge < -0.3 is 23.7 Å². The molecule has 6 heteroatoms. The highest BCUT2D eigenvalue weighted by atomic mass is 16.6. The highest BCUT2D eigenvalue weighted by molar-refractivity contribution is 5.75. The van der Waals surface area contributed by atoms with Crippen molar-refractivity contribution in [1.29, 1.82) is 0 Å². The molecule has 6 rings (SSSR count). The molecular weight excluding hydrogens is 588 g/mol. The third kappa shape index (κ3) is 9.10. The molecule has 1 heterocycles. The van der Waals surface area contributed by atoms with Crippen LogP contribution in [0.1, 0.15) is 44.3 Å². The Morgan fingerprint density at radius 2 is 0.979 bits per heavy atom. The fourth-order valence-corrected chi connectivity index (χ4v) is 5.87. The molecule has 5 aromatic rings. The molecule has 47 heavy (non-hydrogen) atoms. The van der Waals surface area contributed by atoms with Crippen LogP contribution in [-0.4, -0.2) is 37.3 Å². The normalized spacial score (nSPS) is 20.9. The summed E-state index contributed by atoms with van der Waals surface area (Å²) < 4.78 is 33.5. The van der Waals surface area contributed by atoms with Crippen molar-refractivity contribution in [1.82, 2.24) is 0 Å². The van der Waals surface area contributed by atoms with E-state index in [0.29, 0.717) is 32.0 Å². The molecule has 0 N–H and O–H groups in total. The Bertz CT molecular complexity index is 1630. The summed E-state index contributed by atoms with van der Waals surface area (Å²) in [5.74, 6) is 0. The first-order chi connectivity index (χ1) is 23.3. The Kier molecular flexibility index (Phi) is 11.7. The van der Waals surface area contributed by atoms with E-state index < -0.39 is 30.5 Å². The van der Waals surface area contributed by atoms with E-state index >= 15 is 0 Å². The van der Waals surface area contributed by atoms with Gasteiger partial charge in [-0.15, -0.1) is 0 Å². The van der Waals surface area contributed by atoms with Crippen molar-refractivity contribution in [2.24, 2.45) is 0 Å². The van der Waals surface area contributed by atoms with Gasteiger partial charge in [-0.1, -0.05) is 140 Å². The van der Waals surface area contributed by atoms with Gasteiger partial charge in [0.15, 0.2) is 0 Å². The third-order valence-corrected chi connectivity index (χ3v) is 8.26. The standard InChI is InChI=1S/C41H40O6/c42-25-35-22-13-23-36(24-35)38-40(45-28-33-18-9-3-10-19-33)41(46-29-34-20-11-4-12-21-34)39(44-27-32-16-7-2-8-17-32)37(47-38)30-43-26-31-14-5-1-6-15-31/h1-25,37-41H,26-30H2. The van der Waals surface area contributed by atoms with E-state index in [4.69, 9.17) is 23.7 Å². The number of carbonyl (C=O) groups is 1. The molecule has 0 aromatic heterocycles. The van der Waals surface area contributed by atoms with Gasteiger partial charge in [0, 0.05) is 5.56 Å². The lowest BCUT2D eigenvalue weighted by molar-refractivity contribution is -0.275. The van der Waals surface area contributed by atoms with E-state index in [1.165, 1.54) is 0 Å². The van der Waals surface area contributed by atoms with Crippen molar-refractivity contribution in [3.05, 3.63) is 179 Å². The molecule has 5 unspecified atom stereocenters. The predicted octanol–water partition coefficient (Wildman–Crippen LogP) is 7.91. The van der Waals surface area contributed by atoms with Crippen LogP contribution in [0.25, 0.3) is 0 Å². The van der Waals surface area contributed by atoms with Gasteiger partial charge in [0.05, 0.1) is 33.0 Å². The van der Waals surface area contributed by atoms with E-state index in [9.17, 15) is 4.79 Å². The maximum Gasteiger partial charge on any atom is 0.150 e.